The molecule has 224 valence electrons. The smallest absolute Gasteiger partial charge is 0.319 e. The molecule has 12 heteroatoms. The number of nitrogens with one attached hydrogen (secondary N) is 2. The van der Waals surface area contributed by atoms with Crippen LogP contribution in [0, 0.1) is 5.82 Å². The SMILES string of the molecule is CC(C)(O)C(=O)N1CCN(Cc2ccc(-c3cc4nccc(Oc5ccc(NC(=O)NC6CC6)cc5F)c4s3)nc2)CC1. The standard InChI is InChI=1S/C31H33FN6O4S/c1-31(2,41)29(39)38-13-11-37(12-14-38)18-19-3-7-23(34-17-19)27-16-24-28(43-27)26(9-10-33-24)42-25-8-6-21(15-22(25)32)36-30(40)35-20-4-5-20/h3,6-10,15-17,20,41H,4-5,11-14,18H2,1-2H3,(H2,35,36,40). The summed E-state index contributed by atoms with van der Waals surface area (Å²) in [5.74, 6) is -0.308. The number of anilines is 1. The summed E-state index contributed by atoms with van der Waals surface area (Å²) in [7, 11) is 0. The topological polar surface area (TPSA) is 120 Å². The molecule has 10 nitrogen and oxygen atoms in total. The van der Waals surface area contributed by atoms with Gasteiger partial charge in [-0.25, -0.2) is 9.18 Å². The van der Waals surface area contributed by atoms with Crippen molar-refractivity contribution < 1.29 is 23.8 Å². The van der Waals surface area contributed by atoms with Crippen LogP contribution in [0.5, 0.6) is 11.5 Å². The van der Waals surface area contributed by atoms with Gasteiger partial charge in [-0.05, 0) is 56.5 Å². The van der Waals surface area contributed by atoms with Crippen LogP contribution < -0.4 is 15.4 Å². The first-order valence-corrected chi connectivity index (χ1v) is 15.1. The van der Waals surface area contributed by atoms with Crippen LogP contribution in [0.4, 0.5) is 14.9 Å². The lowest BCUT2D eigenvalue weighted by Crippen LogP contribution is -2.53. The van der Waals surface area contributed by atoms with Crippen LogP contribution in [0.2, 0.25) is 0 Å². The van der Waals surface area contributed by atoms with Crippen LogP contribution in [0.25, 0.3) is 20.8 Å². The highest BCUT2D eigenvalue weighted by Crippen LogP contribution is 2.39. The van der Waals surface area contributed by atoms with Crippen molar-refractivity contribution in [2.75, 3.05) is 31.5 Å². The summed E-state index contributed by atoms with van der Waals surface area (Å²) >= 11 is 1.47. The minimum atomic E-state index is -1.36. The van der Waals surface area contributed by atoms with E-state index in [0.717, 1.165) is 58.8 Å². The minimum absolute atomic E-state index is 0.0448. The molecule has 3 amide bonds. The molecule has 1 aliphatic heterocycles. The maximum Gasteiger partial charge on any atom is 0.319 e. The van der Waals surface area contributed by atoms with Gasteiger partial charge in [-0.2, -0.15) is 0 Å². The Balaban J connectivity index is 1.10. The molecule has 4 aromatic rings. The number of pyridine rings is 2. The number of nitrogens with zero attached hydrogens (tertiary/aromatic N) is 4. The van der Waals surface area contributed by atoms with Crippen molar-refractivity contribution in [3.8, 4) is 22.1 Å². The molecule has 1 aromatic carbocycles. The average molecular weight is 605 g/mol. The fraction of sp³-hybridized carbons (Fsp3) is 0.355. The first-order valence-electron chi connectivity index (χ1n) is 14.3. The van der Waals surface area contributed by atoms with E-state index in [1.165, 1.54) is 37.3 Å². The van der Waals surface area contributed by atoms with Crippen LogP contribution in [0.1, 0.15) is 32.3 Å². The second-order valence-electron chi connectivity index (χ2n) is 11.4. The van der Waals surface area contributed by atoms with E-state index in [0.29, 0.717) is 24.5 Å². The number of aromatic nitrogens is 2. The summed E-state index contributed by atoms with van der Waals surface area (Å²) in [6.07, 6.45) is 5.41. The van der Waals surface area contributed by atoms with Crippen LogP contribution in [-0.4, -0.2) is 74.6 Å². The Morgan fingerprint density at radius 2 is 1.86 bits per heavy atom. The van der Waals surface area contributed by atoms with Gasteiger partial charge >= 0.3 is 6.03 Å². The molecule has 3 aromatic heterocycles. The molecular formula is C31H33FN6O4S. The molecule has 2 aliphatic rings. The van der Waals surface area contributed by atoms with E-state index in [4.69, 9.17) is 4.74 Å². The number of amides is 3. The third kappa shape index (κ3) is 6.93. The molecule has 0 atom stereocenters. The van der Waals surface area contributed by atoms with Crippen LogP contribution in [0.15, 0.2) is 54.9 Å². The number of halogens is 1. The van der Waals surface area contributed by atoms with Crippen molar-refractivity contribution in [2.24, 2.45) is 0 Å². The van der Waals surface area contributed by atoms with Crippen molar-refractivity contribution in [2.45, 2.75) is 44.9 Å². The Kier molecular flexibility index (Phi) is 7.99. The van der Waals surface area contributed by atoms with Gasteiger partial charge < -0.3 is 25.4 Å². The predicted molar refractivity (Wildman–Crippen MR) is 163 cm³/mol. The maximum absolute atomic E-state index is 14.9. The van der Waals surface area contributed by atoms with Gasteiger partial charge in [0.1, 0.15) is 11.4 Å². The monoisotopic (exact) mass is 604 g/mol. The second kappa shape index (κ2) is 11.9. The number of rotatable bonds is 8. The zero-order chi connectivity index (χ0) is 30.1. The van der Waals surface area contributed by atoms with Crippen molar-refractivity contribution in [1.82, 2.24) is 25.1 Å². The molecule has 2 fully saturated rings. The Hall–Kier alpha value is -4.13. The third-order valence-corrected chi connectivity index (χ3v) is 8.53. The third-order valence-electron chi connectivity index (χ3n) is 7.36. The molecule has 0 unspecified atom stereocenters. The van der Waals surface area contributed by atoms with E-state index >= 15 is 0 Å². The summed E-state index contributed by atoms with van der Waals surface area (Å²) < 4.78 is 21.6. The van der Waals surface area contributed by atoms with Gasteiger partial charge in [0.2, 0.25) is 0 Å². The Bertz CT molecular complexity index is 1640. The summed E-state index contributed by atoms with van der Waals surface area (Å²) in [6.45, 7) is 6.37. The number of urea groups is 1. The van der Waals surface area contributed by atoms with Crippen molar-refractivity contribution in [1.29, 1.82) is 0 Å². The first kappa shape index (κ1) is 29.0. The van der Waals surface area contributed by atoms with E-state index in [1.807, 2.05) is 24.4 Å². The molecule has 0 spiro atoms. The molecular weight excluding hydrogens is 571 g/mol. The van der Waals surface area contributed by atoms with Crippen molar-refractivity contribution in [3.63, 3.8) is 0 Å². The van der Waals surface area contributed by atoms with Gasteiger partial charge in [-0.15, -0.1) is 11.3 Å². The second-order valence-corrected chi connectivity index (χ2v) is 12.5. The van der Waals surface area contributed by atoms with Gasteiger partial charge in [0.05, 0.1) is 20.8 Å². The highest BCUT2D eigenvalue weighted by molar-refractivity contribution is 7.22. The zero-order valence-electron chi connectivity index (χ0n) is 24.0. The van der Waals surface area contributed by atoms with Crippen LogP contribution in [-0.2, 0) is 11.3 Å². The zero-order valence-corrected chi connectivity index (χ0v) is 24.8. The highest BCUT2D eigenvalue weighted by atomic mass is 32.1. The lowest BCUT2D eigenvalue weighted by molar-refractivity contribution is -0.149. The average Bonchev–Trinajstić information content (AvgIpc) is 3.68. The molecule has 43 heavy (non-hydrogen) atoms. The number of carbonyl (C=O) groups is 2. The molecule has 1 aliphatic carbocycles. The van der Waals surface area contributed by atoms with Gasteiger partial charge in [-0.1, -0.05) is 6.07 Å². The highest BCUT2D eigenvalue weighted by Gasteiger charge is 2.31. The quantitative estimate of drug-likeness (QED) is 0.259. The maximum atomic E-state index is 14.9. The van der Waals surface area contributed by atoms with Crippen LogP contribution >= 0.6 is 11.3 Å². The van der Waals surface area contributed by atoms with E-state index in [9.17, 15) is 19.1 Å². The summed E-state index contributed by atoms with van der Waals surface area (Å²) in [5.41, 5.74) is 1.57. The minimum Gasteiger partial charge on any atom is -0.453 e. The normalized spacial score (nSPS) is 15.9. The molecule has 4 heterocycles. The number of fused-ring (bicyclic) bond motifs is 1. The lowest BCUT2D eigenvalue weighted by Gasteiger charge is -2.37. The van der Waals surface area contributed by atoms with Crippen molar-refractivity contribution >= 4 is 39.2 Å². The Labute approximate surface area is 252 Å². The number of thiophene rings is 1. The number of hydrogen-bond acceptors (Lipinski definition) is 8. The van der Waals surface area contributed by atoms with Gasteiger partial charge in [-0.3, -0.25) is 19.7 Å². The first-order chi connectivity index (χ1) is 20.6. The number of aliphatic hydroxyl groups is 1. The Morgan fingerprint density at radius 1 is 1.07 bits per heavy atom. The van der Waals surface area contributed by atoms with Gasteiger partial charge in [0.25, 0.3) is 5.91 Å². The van der Waals surface area contributed by atoms with Crippen LogP contribution in [0.3, 0.4) is 0 Å². The fourth-order valence-corrected chi connectivity index (χ4v) is 5.94. The molecule has 0 bridgehead atoms. The predicted octanol–water partition coefficient (Wildman–Crippen LogP) is 4.99. The molecule has 1 saturated carbocycles. The largest absolute Gasteiger partial charge is 0.453 e. The summed E-state index contributed by atoms with van der Waals surface area (Å²) in [5, 5.41) is 15.5. The van der Waals surface area contributed by atoms with Gasteiger partial charge in [0.15, 0.2) is 11.6 Å². The van der Waals surface area contributed by atoms with Crippen molar-refractivity contribution in [3.05, 3.63) is 66.2 Å². The lowest BCUT2D eigenvalue weighted by atomic mass is 10.1. The van der Waals surface area contributed by atoms with Gasteiger partial charge in [0, 0.05) is 69.0 Å². The molecule has 0 radical (unpaired) electrons. The number of piperazine rings is 1. The fourth-order valence-electron chi connectivity index (χ4n) is 4.90. The van der Waals surface area contributed by atoms with E-state index in [2.05, 4.69) is 25.5 Å². The number of benzene rings is 1. The van der Waals surface area contributed by atoms with E-state index in [1.54, 1.807) is 23.2 Å². The number of carbonyl (C=O) groups excluding carboxylic acids is 2. The number of hydrogen-bond donors (Lipinski definition) is 3. The van der Waals surface area contributed by atoms with E-state index in [-0.39, 0.29) is 23.7 Å². The molecule has 3 N–H and O–H groups in total. The van der Waals surface area contributed by atoms with E-state index < -0.39 is 11.4 Å². The summed E-state index contributed by atoms with van der Waals surface area (Å²) in [4.78, 5) is 38.3. The number of ether oxygens (including phenoxy) is 1. The molecule has 6 rings (SSSR count). The molecule has 1 saturated heterocycles. The summed E-state index contributed by atoms with van der Waals surface area (Å²) in [6, 6.07) is 11.8. The Morgan fingerprint density at radius 3 is 2.53 bits per heavy atom.